The summed E-state index contributed by atoms with van der Waals surface area (Å²) in [4.78, 5) is 12.2. The Hall–Kier alpha value is -2.97. The van der Waals surface area contributed by atoms with Crippen LogP contribution in [0.4, 0.5) is 20.2 Å². The first kappa shape index (κ1) is 20.8. The lowest BCUT2D eigenvalue weighted by atomic mass is 10.1. The Morgan fingerprint density at radius 2 is 1.59 bits per heavy atom. The Labute approximate surface area is 171 Å². The smallest absolute Gasteiger partial charge is 0.262 e. The van der Waals surface area contributed by atoms with Crippen LogP contribution in [0.2, 0.25) is 5.02 Å². The van der Waals surface area contributed by atoms with E-state index in [0.29, 0.717) is 22.3 Å². The summed E-state index contributed by atoms with van der Waals surface area (Å²) in [6, 6.07) is 12.9. The highest BCUT2D eigenvalue weighted by Crippen LogP contribution is 2.24. The zero-order valence-corrected chi connectivity index (χ0v) is 16.6. The lowest BCUT2D eigenvalue weighted by molar-refractivity contribution is 0.102. The number of halogens is 3. The van der Waals surface area contributed by atoms with Crippen LogP contribution in [0.5, 0.6) is 0 Å². The van der Waals surface area contributed by atoms with E-state index in [1.54, 1.807) is 19.1 Å². The number of amides is 1. The summed E-state index contributed by atoms with van der Waals surface area (Å²) in [5.74, 6) is -2.66. The molecule has 0 fully saturated rings. The molecule has 0 spiro atoms. The van der Waals surface area contributed by atoms with Gasteiger partial charge in [-0.3, -0.25) is 9.52 Å². The van der Waals surface area contributed by atoms with E-state index in [1.807, 2.05) is 0 Å². The standard InChI is InChI=1S/C20H15ClF2N2O3S/c1-12-2-6-16(24-20(26)17-9-5-14(22)10-18(17)23)11-19(12)29(27,28)25-15-7-3-13(21)4-8-15/h2-11,25H,1H3,(H,24,26). The Bertz CT molecular complexity index is 1180. The van der Waals surface area contributed by atoms with E-state index in [4.69, 9.17) is 11.6 Å². The number of aryl methyl sites for hydroxylation is 1. The highest BCUT2D eigenvalue weighted by molar-refractivity contribution is 7.92. The van der Waals surface area contributed by atoms with Crippen LogP contribution in [0.3, 0.4) is 0 Å². The van der Waals surface area contributed by atoms with Gasteiger partial charge < -0.3 is 5.32 Å². The zero-order chi connectivity index (χ0) is 21.2. The van der Waals surface area contributed by atoms with E-state index in [-0.39, 0.29) is 16.1 Å². The number of rotatable bonds is 5. The molecule has 0 aliphatic carbocycles. The molecule has 0 saturated heterocycles. The Morgan fingerprint density at radius 3 is 2.24 bits per heavy atom. The van der Waals surface area contributed by atoms with E-state index in [1.165, 1.54) is 30.3 Å². The van der Waals surface area contributed by atoms with Crippen molar-refractivity contribution in [2.24, 2.45) is 0 Å². The molecule has 0 radical (unpaired) electrons. The highest BCUT2D eigenvalue weighted by atomic mass is 35.5. The van der Waals surface area contributed by atoms with Crippen molar-refractivity contribution in [3.05, 3.63) is 88.4 Å². The summed E-state index contributed by atoms with van der Waals surface area (Å²) in [7, 11) is -3.96. The number of hydrogen-bond acceptors (Lipinski definition) is 3. The predicted molar refractivity (Wildman–Crippen MR) is 108 cm³/mol. The topological polar surface area (TPSA) is 75.3 Å². The fourth-order valence-electron chi connectivity index (χ4n) is 2.57. The van der Waals surface area contributed by atoms with Gasteiger partial charge in [-0.15, -0.1) is 0 Å². The Morgan fingerprint density at radius 1 is 0.931 bits per heavy atom. The van der Waals surface area contributed by atoms with Gasteiger partial charge in [-0.1, -0.05) is 17.7 Å². The number of benzene rings is 3. The molecular weight excluding hydrogens is 422 g/mol. The average molecular weight is 437 g/mol. The second-order valence-electron chi connectivity index (χ2n) is 6.17. The Kier molecular flexibility index (Phi) is 5.86. The molecule has 3 aromatic rings. The number of sulfonamides is 1. The van der Waals surface area contributed by atoms with E-state index in [0.717, 1.165) is 12.1 Å². The van der Waals surface area contributed by atoms with Crippen molar-refractivity contribution in [3.8, 4) is 0 Å². The Balaban J connectivity index is 1.87. The minimum absolute atomic E-state index is 0.0650. The van der Waals surface area contributed by atoms with Gasteiger partial charge >= 0.3 is 0 Å². The molecular formula is C20H15ClF2N2O3S. The summed E-state index contributed by atoms with van der Waals surface area (Å²) < 4.78 is 54.7. The van der Waals surface area contributed by atoms with Crippen molar-refractivity contribution in [2.45, 2.75) is 11.8 Å². The summed E-state index contributed by atoms with van der Waals surface area (Å²) in [5, 5.41) is 2.88. The molecule has 9 heteroatoms. The van der Waals surface area contributed by atoms with Crippen LogP contribution in [0.1, 0.15) is 15.9 Å². The maximum Gasteiger partial charge on any atom is 0.262 e. The van der Waals surface area contributed by atoms with Gasteiger partial charge in [0.25, 0.3) is 15.9 Å². The third-order valence-corrected chi connectivity index (χ3v) is 5.78. The fraction of sp³-hybridized carbons (Fsp3) is 0.0500. The molecule has 0 aliphatic rings. The van der Waals surface area contributed by atoms with Crippen LogP contribution < -0.4 is 10.0 Å². The number of carbonyl (C=O) groups is 1. The highest BCUT2D eigenvalue weighted by Gasteiger charge is 2.19. The van der Waals surface area contributed by atoms with Crippen molar-refractivity contribution in [2.75, 3.05) is 10.0 Å². The number of carbonyl (C=O) groups excluding carboxylic acids is 1. The molecule has 0 bridgehead atoms. The van der Waals surface area contributed by atoms with Crippen LogP contribution in [-0.2, 0) is 10.0 Å². The van der Waals surface area contributed by atoms with Crippen LogP contribution in [0, 0.1) is 18.6 Å². The molecule has 0 aliphatic heterocycles. The van der Waals surface area contributed by atoms with Crippen LogP contribution in [0.15, 0.2) is 65.6 Å². The van der Waals surface area contributed by atoms with Gasteiger partial charge in [0.15, 0.2) is 0 Å². The average Bonchev–Trinajstić information content (AvgIpc) is 2.64. The molecule has 29 heavy (non-hydrogen) atoms. The van der Waals surface area contributed by atoms with Gasteiger partial charge in [0.1, 0.15) is 11.6 Å². The maximum atomic E-state index is 13.8. The van der Waals surface area contributed by atoms with Crippen LogP contribution in [0.25, 0.3) is 0 Å². The van der Waals surface area contributed by atoms with Gasteiger partial charge in [-0.25, -0.2) is 17.2 Å². The zero-order valence-electron chi connectivity index (χ0n) is 15.0. The lowest BCUT2D eigenvalue weighted by Gasteiger charge is -2.13. The van der Waals surface area contributed by atoms with Crippen molar-refractivity contribution < 1.29 is 22.0 Å². The van der Waals surface area contributed by atoms with Crippen molar-refractivity contribution in [1.29, 1.82) is 0 Å². The molecule has 2 N–H and O–H groups in total. The van der Waals surface area contributed by atoms with Gasteiger partial charge in [0.05, 0.1) is 10.5 Å². The number of anilines is 2. The van der Waals surface area contributed by atoms with E-state index in [2.05, 4.69) is 10.0 Å². The fourth-order valence-corrected chi connectivity index (χ4v) is 4.02. The third-order valence-electron chi connectivity index (χ3n) is 4.01. The normalized spacial score (nSPS) is 11.2. The summed E-state index contributed by atoms with van der Waals surface area (Å²) in [6.45, 7) is 1.60. The van der Waals surface area contributed by atoms with Crippen molar-refractivity contribution >= 4 is 38.9 Å². The molecule has 0 heterocycles. The molecule has 1 amide bonds. The summed E-state index contributed by atoms with van der Waals surface area (Å²) in [5.41, 5.74) is 0.533. The van der Waals surface area contributed by atoms with Gasteiger partial charge in [0, 0.05) is 22.5 Å². The minimum atomic E-state index is -3.96. The second kappa shape index (κ2) is 8.18. The van der Waals surface area contributed by atoms with Gasteiger partial charge in [-0.05, 0) is 61.0 Å². The molecule has 150 valence electrons. The van der Waals surface area contributed by atoms with Crippen molar-refractivity contribution in [3.63, 3.8) is 0 Å². The molecule has 5 nitrogen and oxygen atoms in total. The maximum absolute atomic E-state index is 13.8. The number of hydrogen-bond donors (Lipinski definition) is 2. The first-order valence-corrected chi connectivity index (χ1v) is 10.2. The van der Waals surface area contributed by atoms with E-state index >= 15 is 0 Å². The quantitative estimate of drug-likeness (QED) is 0.592. The first-order valence-electron chi connectivity index (χ1n) is 8.31. The second-order valence-corrected chi connectivity index (χ2v) is 8.26. The molecule has 3 aromatic carbocycles. The van der Waals surface area contributed by atoms with E-state index in [9.17, 15) is 22.0 Å². The lowest BCUT2D eigenvalue weighted by Crippen LogP contribution is -2.17. The summed E-state index contributed by atoms with van der Waals surface area (Å²) in [6.07, 6.45) is 0. The van der Waals surface area contributed by atoms with Gasteiger partial charge in [0.2, 0.25) is 0 Å². The molecule has 0 saturated carbocycles. The van der Waals surface area contributed by atoms with Crippen LogP contribution >= 0.6 is 11.6 Å². The van der Waals surface area contributed by atoms with Crippen LogP contribution in [-0.4, -0.2) is 14.3 Å². The van der Waals surface area contributed by atoms with Crippen molar-refractivity contribution in [1.82, 2.24) is 0 Å². The molecule has 0 aromatic heterocycles. The predicted octanol–water partition coefficient (Wildman–Crippen LogP) is 4.98. The molecule has 3 rings (SSSR count). The number of nitrogens with one attached hydrogen (secondary N) is 2. The SMILES string of the molecule is Cc1ccc(NC(=O)c2ccc(F)cc2F)cc1S(=O)(=O)Nc1ccc(Cl)cc1. The van der Waals surface area contributed by atoms with E-state index < -0.39 is 27.6 Å². The monoisotopic (exact) mass is 436 g/mol. The largest absolute Gasteiger partial charge is 0.322 e. The molecule has 0 atom stereocenters. The minimum Gasteiger partial charge on any atom is -0.322 e. The summed E-state index contributed by atoms with van der Waals surface area (Å²) >= 11 is 5.80. The first-order chi connectivity index (χ1) is 13.7. The van der Waals surface area contributed by atoms with Gasteiger partial charge in [-0.2, -0.15) is 0 Å². The third kappa shape index (κ3) is 4.90. The molecule has 0 unspecified atom stereocenters.